The average molecular weight is 308 g/mol. The van der Waals surface area contributed by atoms with E-state index in [4.69, 9.17) is 9.84 Å². The smallest absolute Gasteiger partial charge is 0.339 e. The van der Waals surface area contributed by atoms with Gasteiger partial charge >= 0.3 is 11.9 Å². The standard InChI is InChI=1S/C18H12O5/c19-17(20)13-6-8-15(18(21)22)16(10-13)23-14-7-5-11-3-1-2-4-12(11)9-14/h1-10H,(H,19,20)(H,21,22). The number of carboxylic acid groups (broad SMARTS) is 2. The molecule has 0 saturated heterocycles. The van der Waals surface area contributed by atoms with Crippen LogP contribution >= 0.6 is 0 Å². The lowest BCUT2D eigenvalue weighted by Crippen LogP contribution is -2.03. The molecule has 0 aliphatic carbocycles. The Balaban J connectivity index is 2.04. The molecule has 0 unspecified atom stereocenters. The highest BCUT2D eigenvalue weighted by molar-refractivity contribution is 5.94. The van der Waals surface area contributed by atoms with Gasteiger partial charge in [-0.1, -0.05) is 30.3 Å². The minimum absolute atomic E-state index is 0.00678. The van der Waals surface area contributed by atoms with E-state index in [1.807, 2.05) is 30.3 Å². The van der Waals surface area contributed by atoms with Crippen LogP contribution in [0.4, 0.5) is 0 Å². The van der Waals surface area contributed by atoms with Crippen molar-refractivity contribution in [3.63, 3.8) is 0 Å². The number of hydrogen-bond acceptors (Lipinski definition) is 3. The molecule has 0 aliphatic rings. The van der Waals surface area contributed by atoms with Crippen LogP contribution in [0.15, 0.2) is 60.7 Å². The summed E-state index contributed by atoms with van der Waals surface area (Å²) < 4.78 is 5.63. The summed E-state index contributed by atoms with van der Waals surface area (Å²) in [7, 11) is 0. The lowest BCUT2D eigenvalue weighted by molar-refractivity contribution is 0.0678. The number of carboxylic acids is 2. The molecule has 3 aromatic rings. The van der Waals surface area contributed by atoms with Gasteiger partial charge in [0.15, 0.2) is 0 Å². The van der Waals surface area contributed by atoms with Crippen LogP contribution in [0.1, 0.15) is 20.7 Å². The molecule has 5 heteroatoms. The van der Waals surface area contributed by atoms with Gasteiger partial charge in [-0.25, -0.2) is 9.59 Å². The van der Waals surface area contributed by atoms with Crippen molar-refractivity contribution in [2.75, 3.05) is 0 Å². The van der Waals surface area contributed by atoms with E-state index in [-0.39, 0.29) is 16.9 Å². The van der Waals surface area contributed by atoms with E-state index in [1.54, 1.807) is 12.1 Å². The van der Waals surface area contributed by atoms with Crippen LogP contribution in [0.5, 0.6) is 11.5 Å². The van der Waals surface area contributed by atoms with E-state index >= 15 is 0 Å². The molecule has 0 heterocycles. The Morgan fingerprint density at radius 1 is 0.783 bits per heavy atom. The third-order valence-corrected chi connectivity index (χ3v) is 3.41. The van der Waals surface area contributed by atoms with Crippen LogP contribution in [0, 0.1) is 0 Å². The summed E-state index contributed by atoms with van der Waals surface area (Å²) in [5.74, 6) is -1.90. The van der Waals surface area contributed by atoms with Crippen molar-refractivity contribution in [3.8, 4) is 11.5 Å². The zero-order chi connectivity index (χ0) is 16.4. The maximum Gasteiger partial charge on any atom is 0.339 e. The van der Waals surface area contributed by atoms with Gasteiger partial charge in [0.2, 0.25) is 0 Å². The minimum Gasteiger partial charge on any atom is -0.478 e. The Morgan fingerprint density at radius 3 is 2.22 bits per heavy atom. The van der Waals surface area contributed by atoms with Crippen LogP contribution in [0.25, 0.3) is 10.8 Å². The number of rotatable bonds is 4. The van der Waals surface area contributed by atoms with E-state index in [1.165, 1.54) is 18.2 Å². The molecule has 0 spiro atoms. The van der Waals surface area contributed by atoms with Crippen molar-refractivity contribution in [2.45, 2.75) is 0 Å². The van der Waals surface area contributed by atoms with Crippen molar-refractivity contribution in [3.05, 3.63) is 71.8 Å². The third kappa shape index (κ3) is 2.98. The summed E-state index contributed by atoms with van der Waals surface area (Å²) in [6, 6.07) is 16.7. The van der Waals surface area contributed by atoms with Gasteiger partial charge in [0, 0.05) is 0 Å². The van der Waals surface area contributed by atoms with E-state index in [9.17, 15) is 14.7 Å². The Kier molecular flexibility index (Phi) is 3.68. The maximum atomic E-state index is 11.3. The van der Waals surface area contributed by atoms with Crippen molar-refractivity contribution >= 4 is 22.7 Å². The van der Waals surface area contributed by atoms with Crippen molar-refractivity contribution in [1.82, 2.24) is 0 Å². The lowest BCUT2D eigenvalue weighted by Gasteiger charge is -2.10. The van der Waals surface area contributed by atoms with Gasteiger partial charge in [-0.05, 0) is 41.1 Å². The summed E-state index contributed by atoms with van der Waals surface area (Å²) >= 11 is 0. The molecule has 0 fully saturated rings. The average Bonchev–Trinajstić information content (AvgIpc) is 2.54. The van der Waals surface area contributed by atoms with Crippen LogP contribution in [0.3, 0.4) is 0 Å². The molecule has 0 atom stereocenters. The predicted molar refractivity (Wildman–Crippen MR) is 84.4 cm³/mol. The molecule has 0 aromatic heterocycles. The van der Waals surface area contributed by atoms with Crippen molar-refractivity contribution < 1.29 is 24.5 Å². The molecule has 0 amide bonds. The number of fused-ring (bicyclic) bond motifs is 1. The number of carbonyl (C=O) groups is 2. The molecule has 0 aliphatic heterocycles. The fourth-order valence-corrected chi connectivity index (χ4v) is 2.27. The largest absolute Gasteiger partial charge is 0.478 e. The second-order valence-electron chi connectivity index (χ2n) is 4.93. The first-order valence-electron chi connectivity index (χ1n) is 6.82. The first-order chi connectivity index (χ1) is 11.0. The van der Waals surface area contributed by atoms with E-state index in [0.29, 0.717) is 5.75 Å². The Morgan fingerprint density at radius 2 is 1.52 bits per heavy atom. The van der Waals surface area contributed by atoms with Gasteiger partial charge in [-0.3, -0.25) is 0 Å². The highest BCUT2D eigenvalue weighted by Gasteiger charge is 2.15. The fourth-order valence-electron chi connectivity index (χ4n) is 2.27. The molecule has 0 radical (unpaired) electrons. The zero-order valence-corrected chi connectivity index (χ0v) is 11.9. The van der Waals surface area contributed by atoms with Gasteiger partial charge in [0.05, 0.1) is 5.56 Å². The molecule has 0 saturated carbocycles. The van der Waals surface area contributed by atoms with E-state index in [2.05, 4.69) is 0 Å². The minimum atomic E-state index is -1.18. The molecule has 3 rings (SSSR count). The van der Waals surface area contributed by atoms with Crippen LogP contribution < -0.4 is 4.74 Å². The SMILES string of the molecule is O=C(O)c1ccc(C(=O)O)c(Oc2ccc3ccccc3c2)c1. The summed E-state index contributed by atoms with van der Waals surface area (Å²) in [4.78, 5) is 22.3. The van der Waals surface area contributed by atoms with Gasteiger partial charge in [-0.15, -0.1) is 0 Å². The lowest BCUT2D eigenvalue weighted by atomic mass is 10.1. The van der Waals surface area contributed by atoms with Crippen molar-refractivity contribution in [2.24, 2.45) is 0 Å². The van der Waals surface area contributed by atoms with Gasteiger partial charge in [-0.2, -0.15) is 0 Å². The van der Waals surface area contributed by atoms with E-state index in [0.717, 1.165) is 10.8 Å². The molecule has 0 bridgehead atoms. The van der Waals surface area contributed by atoms with Crippen LogP contribution in [-0.2, 0) is 0 Å². The summed E-state index contributed by atoms with van der Waals surface area (Å²) in [6.07, 6.45) is 0. The quantitative estimate of drug-likeness (QED) is 0.760. The van der Waals surface area contributed by atoms with Crippen LogP contribution in [-0.4, -0.2) is 22.2 Å². The summed E-state index contributed by atoms with van der Waals surface area (Å²) in [5.41, 5.74) is -0.131. The maximum absolute atomic E-state index is 11.3. The molecule has 114 valence electrons. The molecular weight excluding hydrogens is 296 g/mol. The summed E-state index contributed by atoms with van der Waals surface area (Å²) in [5, 5.41) is 20.2. The zero-order valence-electron chi connectivity index (χ0n) is 11.9. The third-order valence-electron chi connectivity index (χ3n) is 3.41. The van der Waals surface area contributed by atoms with E-state index < -0.39 is 11.9 Å². The molecule has 3 aromatic carbocycles. The first-order valence-corrected chi connectivity index (χ1v) is 6.82. The fraction of sp³-hybridized carbons (Fsp3) is 0. The number of ether oxygens (including phenoxy) is 1. The number of hydrogen-bond donors (Lipinski definition) is 2. The number of benzene rings is 3. The Bertz CT molecular complexity index is 914. The Hall–Kier alpha value is -3.34. The highest BCUT2D eigenvalue weighted by Crippen LogP contribution is 2.29. The second kappa shape index (κ2) is 5.81. The number of aromatic carboxylic acids is 2. The van der Waals surface area contributed by atoms with Crippen LogP contribution in [0.2, 0.25) is 0 Å². The normalized spacial score (nSPS) is 10.4. The second-order valence-corrected chi connectivity index (χ2v) is 4.93. The Labute approximate surface area is 131 Å². The molecule has 23 heavy (non-hydrogen) atoms. The highest BCUT2D eigenvalue weighted by atomic mass is 16.5. The topological polar surface area (TPSA) is 83.8 Å². The predicted octanol–water partition coefficient (Wildman–Crippen LogP) is 4.03. The molecule has 5 nitrogen and oxygen atoms in total. The van der Waals surface area contributed by atoms with Gasteiger partial charge in [0.25, 0.3) is 0 Å². The van der Waals surface area contributed by atoms with Gasteiger partial charge in [0.1, 0.15) is 17.1 Å². The summed E-state index contributed by atoms with van der Waals surface area (Å²) in [6.45, 7) is 0. The first kappa shape index (κ1) is 14.6. The van der Waals surface area contributed by atoms with Crippen molar-refractivity contribution in [1.29, 1.82) is 0 Å². The monoisotopic (exact) mass is 308 g/mol. The van der Waals surface area contributed by atoms with Gasteiger partial charge < -0.3 is 14.9 Å². The molecular formula is C18H12O5. The molecule has 2 N–H and O–H groups in total.